The van der Waals surface area contributed by atoms with Crippen molar-refractivity contribution in [2.24, 2.45) is 0 Å². The van der Waals surface area contributed by atoms with E-state index >= 15 is 0 Å². The van der Waals surface area contributed by atoms with Gasteiger partial charge >= 0.3 is 0 Å². The first-order valence-electron chi connectivity index (χ1n) is 2.38. The van der Waals surface area contributed by atoms with Crippen molar-refractivity contribution in [1.29, 1.82) is 0 Å². The van der Waals surface area contributed by atoms with E-state index in [4.69, 9.17) is 7.85 Å². The SMILES string of the molecule is [B]C1=CSC(C=O)C1. The zero-order valence-electron chi connectivity index (χ0n) is 4.33. The van der Waals surface area contributed by atoms with Gasteiger partial charge in [-0.1, -0.05) is 0 Å². The van der Waals surface area contributed by atoms with Crippen molar-refractivity contribution < 1.29 is 4.79 Å². The van der Waals surface area contributed by atoms with Crippen LogP contribution in [0.1, 0.15) is 6.42 Å². The van der Waals surface area contributed by atoms with Crippen LogP contribution in [0.5, 0.6) is 0 Å². The second kappa shape index (κ2) is 2.40. The average molecular weight is 124 g/mol. The minimum Gasteiger partial charge on any atom is -0.302 e. The minimum absolute atomic E-state index is 0.0926. The third-order valence-electron chi connectivity index (χ3n) is 0.983. The molecule has 2 radical (unpaired) electrons. The van der Waals surface area contributed by atoms with Gasteiger partial charge in [0.25, 0.3) is 0 Å². The molecule has 1 aliphatic rings. The summed E-state index contributed by atoms with van der Waals surface area (Å²) < 4.78 is 0. The Labute approximate surface area is 53.9 Å². The molecule has 0 saturated carbocycles. The molecule has 1 nitrogen and oxygen atoms in total. The smallest absolute Gasteiger partial charge is 0.133 e. The molecule has 0 bridgehead atoms. The fourth-order valence-electron chi connectivity index (χ4n) is 0.584. The summed E-state index contributed by atoms with van der Waals surface area (Å²) >= 11 is 1.50. The first-order chi connectivity index (χ1) is 3.83. The average Bonchev–Trinajstić information content (AvgIpc) is 2.14. The van der Waals surface area contributed by atoms with Crippen molar-refractivity contribution >= 4 is 25.9 Å². The maximum Gasteiger partial charge on any atom is 0.133 e. The zero-order chi connectivity index (χ0) is 5.98. The van der Waals surface area contributed by atoms with E-state index in [1.54, 1.807) is 0 Å². The van der Waals surface area contributed by atoms with Crippen molar-refractivity contribution in [2.75, 3.05) is 0 Å². The van der Waals surface area contributed by atoms with Crippen LogP contribution in [0.3, 0.4) is 0 Å². The van der Waals surface area contributed by atoms with Gasteiger partial charge in [-0.15, -0.1) is 17.2 Å². The molecule has 0 aromatic rings. The molecule has 1 aliphatic heterocycles. The Morgan fingerprint density at radius 1 is 2.00 bits per heavy atom. The third kappa shape index (κ3) is 1.16. The third-order valence-corrected chi connectivity index (χ3v) is 2.05. The molecule has 0 N–H and O–H groups in total. The highest BCUT2D eigenvalue weighted by atomic mass is 32.2. The van der Waals surface area contributed by atoms with Crippen LogP contribution >= 0.6 is 11.8 Å². The number of rotatable bonds is 1. The van der Waals surface area contributed by atoms with E-state index in [1.165, 1.54) is 11.8 Å². The highest BCUT2D eigenvalue weighted by molar-refractivity contribution is 8.03. The van der Waals surface area contributed by atoms with E-state index in [9.17, 15) is 4.79 Å². The number of allylic oxidation sites excluding steroid dienone is 1. The Bertz CT molecular complexity index is 132. The van der Waals surface area contributed by atoms with Gasteiger partial charge in [0.05, 0.1) is 5.25 Å². The van der Waals surface area contributed by atoms with Crippen molar-refractivity contribution in [3.8, 4) is 0 Å². The highest BCUT2D eigenvalue weighted by Crippen LogP contribution is 2.25. The molecule has 0 amide bonds. The quantitative estimate of drug-likeness (QED) is 0.378. The van der Waals surface area contributed by atoms with Gasteiger partial charge in [-0.2, -0.15) is 0 Å². The minimum atomic E-state index is 0.0926. The summed E-state index contributed by atoms with van der Waals surface area (Å²) in [5, 5.41) is 1.92. The molecule has 1 atom stereocenters. The molecule has 8 heavy (non-hydrogen) atoms. The summed E-state index contributed by atoms with van der Waals surface area (Å²) in [7, 11) is 5.38. The Morgan fingerprint density at radius 3 is 3.00 bits per heavy atom. The van der Waals surface area contributed by atoms with Crippen LogP contribution in [-0.2, 0) is 4.79 Å². The molecule has 40 valence electrons. The number of thioether (sulfide) groups is 1. The van der Waals surface area contributed by atoms with Crippen LogP contribution < -0.4 is 0 Å². The fourth-order valence-corrected chi connectivity index (χ4v) is 1.38. The van der Waals surface area contributed by atoms with E-state index < -0.39 is 0 Å². The number of aldehydes is 1. The Morgan fingerprint density at radius 2 is 2.75 bits per heavy atom. The van der Waals surface area contributed by atoms with Gasteiger partial charge in [0.2, 0.25) is 0 Å². The van der Waals surface area contributed by atoms with Crippen molar-refractivity contribution in [3.63, 3.8) is 0 Å². The predicted molar refractivity (Wildman–Crippen MR) is 35.9 cm³/mol. The molecule has 0 saturated heterocycles. The molecule has 0 aromatic carbocycles. The predicted octanol–water partition coefficient (Wildman–Crippen LogP) is 0.701. The van der Waals surface area contributed by atoms with Crippen LogP contribution in [0.25, 0.3) is 0 Å². The molecule has 3 heteroatoms. The van der Waals surface area contributed by atoms with Crippen LogP contribution in [-0.4, -0.2) is 19.4 Å². The number of carbonyl (C=O) groups is 1. The molecular formula is C5H5BOS. The van der Waals surface area contributed by atoms with Gasteiger partial charge in [0.15, 0.2) is 0 Å². The van der Waals surface area contributed by atoms with E-state index in [1.807, 2.05) is 5.41 Å². The van der Waals surface area contributed by atoms with E-state index in [0.717, 1.165) is 18.2 Å². The number of hydrogen-bond donors (Lipinski definition) is 0. The summed E-state index contributed by atoms with van der Waals surface area (Å²) in [4.78, 5) is 10.0. The fraction of sp³-hybridized carbons (Fsp3) is 0.400. The lowest BCUT2D eigenvalue weighted by Crippen LogP contribution is -1.98. The van der Waals surface area contributed by atoms with E-state index in [0.29, 0.717) is 0 Å². The van der Waals surface area contributed by atoms with Gasteiger partial charge < -0.3 is 4.79 Å². The first-order valence-corrected chi connectivity index (χ1v) is 3.32. The summed E-state index contributed by atoms with van der Waals surface area (Å²) in [6, 6.07) is 0. The molecule has 1 heterocycles. The van der Waals surface area contributed by atoms with Crippen LogP contribution in [0.15, 0.2) is 10.9 Å². The molecule has 0 aromatic heterocycles. The molecule has 0 fully saturated rings. The van der Waals surface area contributed by atoms with Crippen LogP contribution in [0.2, 0.25) is 0 Å². The summed E-state index contributed by atoms with van der Waals surface area (Å²) in [5.74, 6) is 0. The van der Waals surface area contributed by atoms with Crippen molar-refractivity contribution in [1.82, 2.24) is 0 Å². The summed E-state index contributed by atoms with van der Waals surface area (Å²) in [5.41, 5.74) is 0.826. The first kappa shape index (κ1) is 5.95. The summed E-state index contributed by atoms with van der Waals surface area (Å²) in [6.07, 6.45) is 1.66. The van der Waals surface area contributed by atoms with E-state index in [2.05, 4.69) is 0 Å². The van der Waals surface area contributed by atoms with Crippen molar-refractivity contribution in [3.05, 3.63) is 10.9 Å². The van der Waals surface area contributed by atoms with Gasteiger partial charge in [-0.25, -0.2) is 0 Å². The maximum absolute atomic E-state index is 10.0. The van der Waals surface area contributed by atoms with Crippen molar-refractivity contribution in [2.45, 2.75) is 11.7 Å². The lowest BCUT2D eigenvalue weighted by molar-refractivity contribution is -0.107. The van der Waals surface area contributed by atoms with Gasteiger partial charge in [-0.05, 0) is 11.8 Å². The molecule has 1 rings (SSSR count). The standard InChI is InChI=1S/C5H5BOS/c6-4-1-5(2-7)8-3-4/h2-3,5H,1H2. The summed E-state index contributed by atoms with van der Waals surface area (Å²) in [6.45, 7) is 0. The Kier molecular flexibility index (Phi) is 1.79. The molecule has 0 spiro atoms. The molecule has 0 aliphatic carbocycles. The molecular weight excluding hydrogens is 119 g/mol. The second-order valence-electron chi connectivity index (χ2n) is 1.71. The van der Waals surface area contributed by atoms with Gasteiger partial charge in [-0.3, -0.25) is 0 Å². The Hall–Kier alpha value is -0.175. The maximum atomic E-state index is 10.0. The van der Waals surface area contributed by atoms with Crippen LogP contribution in [0, 0.1) is 0 Å². The number of carbonyl (C=O) groups excluding carboxylic acids is 1. The van der Waals surface area contributed by atoms with Gasteiger partial charge in [0, 0.05) is 0 Å². The molecule has 1 unspecified atom stereocenters. The topological polar surface area (TPSA) is 17.1 Å². The lowest BCUT2D eigenvalue weighted by Gasteiger charge is -1.93. The van der Waals surface area contributed by atoms with Crippen LogP contribution in [0.4, 0.5) is 0 Å². The van der Waals surface area contributed by atoms with E-state index in [-0.39, 0.29) is 5.25 Å². The second-order valence-corrected chi connectivity index (χ2v) is 2.82. The largest absolute Gasteiger partial charge is 0.302 e. The van der Waals surface area contributed by atoms with Gasteiger partial charge in [0.1, 0.15) is 14.1 Å². The zero-order valence-corrected chi connectivity index (χ0v) is 5.15. The number of hydrogen-bond acceptors (Lipinski definition) is 2. The highest BCUT2D eigenvalue weighted by Gasteiger charge is 2.12. The monoisotopic (exact) mass is 124 g/mol. The normalized spacial score (nSPS) is 27.5. The lowest BCUT2D eigenvalue weighted by atomic mass is 9.94. The Balaban J connectivity index is 2.43.